The standard InChI is InChI=1S/C13H20N4O2/c1-17(9-10-4-6-19-7-5-10)13(18)11-2-3-12(16-14)15-8-11/h2-3,8,10H,4-7,9,14H2,1H3,(H,15,16). The molecule has 0 radical (unpaired) electrons. The number of hydrazine groups is 1. The number of amides is 1. The highest BCUT2D eigenvalue weighted by molar-refractivity contribution is 5.93. The Morgan fingerprint density at radius 2 is 2.26 bits per heavy atom. The second kappa shape index (κ2) is 6.49. The molecule has 0 aliphatic carbocycles. The second-order valence-corrected chi connectivity index (χ2v) is 4.82. The Hall–Kier alpha value is -1.66. The van der Waals surface area contributed by atoms with E-state index in [1.165, 1.54) is 6.20 Å². The molecule has 3 N–H and O–H groups in total. The maximum absolute atomic E-state index is 12.2. The summed E-state index contributed by atoms with van der Waals surface area (Å²) in [5.41, 5.74) is 3.02. The average molecular weight is 264 g/mol. The monoisotopic (exact) mass is 264 g/mol. The highest BCUT2D eigenvalue weighted by Crippen LogP contribution is 2.16. The molecule has 0 saturated carbocycles. The van der Waals surface area contributed by atoms with Crippen LogP contribution < -0.4 is 11.3 Å². The van der Waals surface area contributed by atoms with Crippen LogP contribution in [0.5, 0.6) is 0 Å². The van der Waals surface area contributed by atoms with E-state index in [0.29, 0.717) is 17.3 Å². The number of nitrogens with one attached hydrogen (secondary N) is 1. The maximum Gasteiger partial charge on any atom is 0.255 e. The summed E-state index contributed by atoms with van der Waals surface area (Å²) in [4.78, 5) is 18.0. The predicted molar refractivity (Wildman–Crippen MR) is 72.6 cm³/mol. The van der Waals surface area contributed by atoms with Crippen LogP contribution in [-0.4, -0.2) is 42.6 Å². The summed E-state index contributed by atoms with van der Waals surface area (Å²) in [6.45, 7) is 2.36. The lowest BCUT2D eigenvalue weighted by molar-refractivity contribution is 0.0497. The summed E-state index contributed by atoms with van der Waals surface area (Å²) >= 11 is 0. The van der Waals surface area contributed by atoms with Crippen molar-refractivity contribution in [3.8, 4) is 0 Å². The molecule has 0 atom stereocenters. The van der Waals surface area contributed by atoms with Crippen LogP contribution in [0.3, 0.4) is 0 Å². The third-order valence-electron chi connectivity index (χ3n) is 3.38. The lowest BCUT2D eigenvalue weighted by Crippen LogP contribution is -2.34. The summed E-state index contributed by atoms with van der Waals surface area (Å²) in [5.74, 6) is 6.30. The number of nitrogen functional groups attached to an aromatic ring is 1. The number of aromatic nitrogens is 1. The summed E-state index contributed by atoms with van der Waals surface area (Å²) in [6.07, 6.45) is 3.58. The van der Waals surface area contributed by atoms with Crippen LogP contribution in [0.2, 0.25) is 0 Å². The second-order valence-electron chi connectivity index (χ2n) is 4.82. The first-order chi connectivity index (χ1) is 9.20. The van der Waals surface area contributed by atoms with E-state index in [1.807, 2.05) is 7.05 Å². The van der Waals surface area contributed by atoms with Gasteiger partial charge in [-0.2, -0.15) is 0 Å². The number of ether oxygens (including phenoxy) is 1. The fourth-order valence-corrected chi connectivity index (χ4v) is 2.23. The third kappa shape index (κ3) is 3.65. The van der Waals surface area contributed by atoms with Crippen LogP contribution in [-0.2, 0) is 4.74 Å². The van der Waals surface area contributed by atoms with Gasteiger partial charge in [-0.25, -0.2) is 10.8 Å². The minimum atomic E-state index is -0.0115. The summed E-state index contributed by atoms with van der Waals surface area (Å²) in [6, 6.07) is 3.42. The molecule has 104 valence electrons. The largest absolute Gasteiger partial charge is 0.381 e. The SMILES string of the molecule is CN(CC1CCOCC1)C(=O)c1ccc(NN)nc1. The van der Waals surface area contributed by atoms with E-state index in [1.54, 1.807) is 17.0 Å². The molecule has 19 heavy (non-hydrogen) atoms. The van der Waals surface area contributed by atoms with Gasteiger partial charge in [0.15, 0.2) is 0 Å². The molecule has 0 spiro atoms. The van der Waals surface area contributed by atoms with E-state index in [4.69, 9.17) is 10.6 Å². The fraction of sp³-hybridized carbons (Fsp3) is 0.538. The fourth-order valence-electron chi connectivity index (χ4n) is 2.23. The quantitative estimate of drug-likeness (QED) is 0.623. The van der Waals surface area contributed by atoms with E-state index < -0.39 is 0 Å². The number of hydrogen-bond acceptors (Lipinski definition) is 5. The van der Waals surface area contributed by atoms with E-state index in [-0.39, 0.29) is 5.91 Å². The van der Waals surface area contributed by atoms with Gasteiger partial charge in [0.2, 0.25) is 0 Å². The Kier molecular flexibility index (Phi) is 4.70. The van der Waals surface area contributed by atoms with Gasteiger partial charge in [0, 0.05) is 33.0 Å². The number of carbonyl (C=O) groups is 1. The van der Waals surface area contributed by atoms with Gasteiger partial charge in [-0.1, -0.05) is 0 Å². The van der Waals surface area contributed by atoms with E-state index in [2.05, 4.69) is 10.4 Å². The normalized spacial score (nSPS) is 16.1. The number of nitrogens with two attached hydrogens (primary N) is 1. The van der Waals surface area contributed by atoms with Gasteiger partial charge in [0.1, 0.15) is 5.82 Å². The molecule has 1 aliphatic rings. The zero-order valence-electron chi connectivity index (χ0n) is 11.1. The number of carbonyl (C=O) groups excluding carboxylic acids is 1. The maximum atomic E-state index is 12.2. The minimum absolute atomic E-state index is 0.0115. The van der Waals surface area contributed by atoms with Crippen molar-refractivity contribution in [1.82, 2.24) is 9.88 Å². The Labute approximate surface area is 112 Å². The van der Waals surface area contributed by atoms with E-state index in [0.717, 1.165) is 32.6 Å². The van der Waals surface area contributed by atoms with Gasteiger partial charge >= 0.3 is 0 Å². The molecule has 6 heteroatoms. The number of hydrogen-bond donors (Lipinski definition) is 2. The molecule has 0 aromatic carbocycles. The topological polar surface area (TPSA) is 80.5 Å². The zero-order valence-corrected chi connectivity index (χ0v) is 11.1. The molecule has 0 unspecified atom stereocenters. The molecule has 1 aromatic rings. The van der Waals surface area contributed by atoms with Gasteiger partial charge < -0.3 is 15.1 Å². The van der Waals surface area contributed by atoms with Gasteiger partial charge in [0.05, 0.1) is 5.56 Å². The lowest BCUT2D eigenvalue weighted by atomic mass is 10.00. The Morgan fingerprint density at radius 1 is 1.53 bits per heavy atom. The van der Waals surface area contributed by atoms with Gasteiger partial charge in [-0.05, 0) is 30.9 Å². The molecule has 1 aliphatic heterocycles. The van der Waals surface area contributed by atoms with Crippen LogP contribution in [0.1, 0.15) is 23.2 Å². The number of pyridine rings is 1. The molecule has 1 aromatic heterocycles. The van der Waals surface area contributed by atoms with Gasteiger partial charge in [-0.15, -0.1) is 0 Å². The Balaban J connectivity index is 1.93. The Morgan fingerprint density at radius 3 is 2.84 bits per heavy atom. The summed E-state index contributed by atoms with van der Waals surface area (Å²) in [5, 5.41) is 0. The first-order valence-electron chi connectivity index (χ1n) is 6.46. The van der Waals surface area contributed by atoms with Crippen LogP contribution in [0.4, 0.5) is 5.82 Å². The molecule has 1 fully saturated rings. The smallest absolute Gasteiger partial charge is 0.255 e. The van der Waals surface area contributed by atoms with Crippen molar-refractivity contribution in [2.75, 3.05) is 32.2 Å². The molecular weight excluding hydrogens is 244 g/mol. The van der Waals surface area contributed by atoms with Crippen LogP contribution in [0, 0.1) is 5.92 Å². The van der Waals surface area contributed by atoms with E-state index in [9.17, 15) is 4.79 Å². The zero-order chi connectivity index (χ0) is 13.7. The molecule has 0 bridgehead atoms. The van der Waals surface area contributed by atoms with Crippen molar-refractivity contribution in [2.45, 2.75) is 12.8 Å². The molecule has 2 rings (SSSR count). The first-order valence-corrected chi connectivity index (χ1v) is 6.46. The highest BCUT2D eigenvalue weighted by atomic mass is 16.5. The first kappa shape index (κ1) is 13.8. The van der Waals surface area contributed by atoms with Crippen molar-refractivity contribution in [3.05, 3.63) is 23.9 Å². The van der Waals surface area contributed by atoms with Crippen molar-refractivity contribution >= 4 is 11.7 Å². The molecule has 2 heterocycles. The Bertz CT molecular complexity index is 415. The minimum Gasteiger partial charge on any atom is -0.381 e. The van der Waals surface area contributed by atoms with Crippen molar-refractivity contribution in [1.29, 1.82) is 0 Å². The number of anilines is 1. The molecule has 6 nitrogen and oxygen atoms in total. The van der Waals surface area contributed by atoms with Crippen molar-refractivity contribution in [3.63, 3.8) is 0 Å². The van der Waals surface area contributed by atoms with Gasteiger partial charge in [0.25, 0.3) is 5.91 Å². The number of nitrogens with zero attached hydrogens (tertiary/aromatic N) is 2. The van der Waals surface area contributed by atoms with Gasteiger partial charge in [-0.3, -0.25) is 4.79 Å². The van der Waals surface area contributed by atoms with E-state index >= 15 is 0 Å². The van der Waals surface area contributed by atoms with Crippen LogP contribution in [0.25, 0.3) is 0 Å². The molecule has 1 amide bonds. The third-order valence-corrected chi connectivity index (χ3v) is 3.38. The predicted octanol–water partition coefficient (Wildman–Crippen LogP) is 0.866. The summed E-state index contributed by atoms with van der Waals surface area (Å²) in [7, 11) is 1.83. The molecular formula is C13H20N4O2. The van der Waals surface area contributed by atoms with Crippen LogP contribution in [0.15, 0.2) is 18.3 Å². The van der Waals surface area contributed by atoms with Crippen LogP contribution >= 0.6 is 0 Å². The highest BCUT2D eigenvalue weighted by Gasteiger charge is 2.19. The molecule has 1 saturated heterocycles. The summed E-state index contributed by atoms with van der Waals surface area (Å²) < 4.78 is 5.32. The number of rotatable bonds is 4. The average Bonchev–Trinajstić information content (AvgIpc) is 2.47. The van der Waals surface area contributed by atoms with Crippen molar-refractivity contribution < 1.29 is 9.53 Å². The lowest BCUT2D eigenvalue weighted by Gasteiger charge is -2.27. The van der Waals surface area contributed by atoms with Crippen molar-refractivity contribution in [2.24, 2.45) is 11.8 Å².